The van der Waals surface area contributed by atoms with E-state index in [0.29, 0.717) is 0 Å². The quantitative estimate of drug-likeness (QED) is 0.556. The van der Waals surface area contributed by atoms with Crippen LogP contribution < -0.4 is 0 Å². The first-order valence-electron chi connectivity index (χ1n) is 3.73. The topological polar surface area (TPSA) is 3.01 Å². The van der Waals surface area contributed by atoms with Crippen molar-refractivity contribution in [1.29, 1.82) is 0 Å². The molecule has 0 radical (unpaired) electrons. The van der Waals surface area contributed by atoms with Gasteiger partial charge in [-0.15, -0.1) is 0 Å². The molecule has 1 aliphatic rings. The Balaban J connectivity index is 1.81. The van der Waals surface area contributed by atoms with Crippen molar-refractivity contribution in [2.75, 3.05) is 6.54 Å². The fraction of sp³-hybridized carbons (Fsp3) is 0.750. The highest BCUT2D eigenvalue weighted by atomic mass is 15.2. The predicted molar refractivity (Wildman–Crippen MR) is 39.9 cm³/mol. The van der Waals surface area contributed by atoms with Crippen LogP contribution in [0.25, 0.3) is 0 Å². The van der Waals surface area contributed by atoms with Gasteiger partial charge >= 0.3 is 0 Å². The molecule has 0 N–H and O–H groups in total. The van der Waals surface area contributed by atoms with Crippen LogP contribution in [0, 0.1) is 5.92 Å². The van der Waals surface area contributed by atoms with E-state index in [0.717, 1.165) is 5.92 Å². The van der Waals surface area contributed by atoms with E-state index in [-0.39, 0.29) is 0 Å². The maximum Gasteiger partial charge on any atom is 0.0220 e. The van der Waals surface area contributed by atoms with Crippen molar-refractivity contribution in [2.45, 2.75) is 26.7 Å². The second-order valence-corrected chi connectivity index (χ2v) is 3.07. The van der Waals surface area contributed by atoms with E-state index >= 15 is 0 Å². The van der Waals surface area contributed by atoms with Crippen molar-refractivity contribution in [3.05, 3.63) is 12.4 Å². The van der Waals surface area contributed by atoms with Crippen molar-refractivity contribution < 1.29 is 0 Å². The summed E-state index contributed by atoms with van der Waals surface area (Å²) in [7, 11) is 0. The Morgan fingerprint density at radius 3 is 2.44 bits per heavy atom. The summed E-state index contributed by atoms with van der Waals surface area (Å²) in [6.45, 7) is 5.78. The third-order valence-corrected chi connectivity index (χ3v) is 1.56. The molecule has 0 bridgehead atoms. The van der Waals surface area contributed by atoms with Crippen LogP contribution >= 0.6 is 0 Å². The van der Waals surface area contributed by atoms with Crippen LogP contribution in [0.1, 0.15) is 26.7 Å². The molecule has 1 heteroatoms. The Morgan fingerprint density at radius 1 is 1.33 bits per heavy atom. The molecule has 0 aromatic heterocycles. The minimum Gasteiger partial charge on any atom is -0.351 e. The van der Waals surface area contributed by atoms with Crippen molar-refractivity contribution in [1.82, 2.24) is 4.90 Å². The lowest BCUT2D eigenvalue weighted by Gasteiger charge is -2.04. The summed E-state index contributed by atoms with van der Waals surface area (Å²) in [5, 5.41) is 0. The van der Waals surface area contributed by atoms with E-state index in [1.165, 1.54) is 19.4 Å². The van der Waals surface area contributed by atoms with Crippen LogP contribution in [0.4, 0.5) is 0 Å². The van der Waals surface area contributed by atoms with Crippen LogP contribution in [0.5, 0.6) is 0 Å². The molecule has 52 valence electrons. The molecule has 0 saturated carbocycles. The lowest BCUT2D eigenvalue weighted by molar-refractivity contribution is 0.491. The SMILES string of the molecule is CC(C)CCCN1C=C1. The molecule has 0 spiro atoms. The molecule has 1 heterocycles. The minimum absolute atomic E-state index is 0.866. The van der Waals surface area contributed by atoms with Crippen molar-refractivity contribution in [3.8, 4) is 0 Å². The molecular formula is C8H15N. The van der Waals surface area contributed by atoms with Gasteiger partial charge in [0.15, 0.2) is 0 Å². The van der Waals surface area contributed by atoms with Gasteiger partial charge in [-0.05, 0) is 18.8 Å². The van der Waals surface area contributed by atoms with Gasteiger partial charge in [-0.2, -0.15) is 0 Å². The van der Waals surface area contributed by atoms with Gasteiger partial charge < -0.3 is 4.90 Å². The van der Waals surface area contributed by atoms with Crippen LogP contribution in [-0.2, 0) is 0 Å². The van der Waals surface area contributed by atoms with Gasteiger partial charge in [-0.25, -0.2) is 0 Å². The first-order valence-corrected chi connectivity index (χ1v) is 3.73. The Kier molecular flexibility index (Phi) is 2.15. The summed E-state index contributed by atoms with van der Waals surface area (Å²) < 4.78 is 0. The molecule has 0 aromatic carbocycles. The van der Waals surface area contributed by atoms with E-state index in [4.69, 9.17) is 0 Å². The van der Waals surface area contributed by atoms with Crippen molar-refractivity contribution in [3.63, 3.8) is 0 Å². The second kappa shape index (κ2) is 2.90. The summed E-state index contributed by atoms with van der Waals surface area (Å²) in [6, 6.07) is 0. The highest BCUT2D eigenvalue weighted by molar-refractivity contribution is 5.00. The first-order chi connectivity index (χ1) is 4.29. The summed E-state index contributed by atoms with van der Waals surface area (Å²) in [6.07, 6.45) is 6.95. The van der Waals surface area contributed by atoms with Gasteiger partial charge in [-0.1, -0.05) is 13.8 Å². The van der Waals surface area contributed by atoms with Crippen LogP contribution in [0.2, 0.25) is 0 Å². The number of hydrogen-bond donors (Lipinski definition) is 0. The van der Waals surface area contributed by atoms with E-state index in [9.17, 15) is 0 Å². The zero-order chi connectivity index (χ0) is 6.69. The van der Waals surface area contributed by atoms with Gasteiger partial charge in [-0.3, -0.25) is 0 Å². The first kappa shape index (κ1) is 6.66. The molecule has 1 rings (SSSR count). The lowest BCUT2D eigenvalue weighted by Crippen LogP contribution is -1.99. The minimum atomic E-state index is 0.866. The normalized spacial score (nSPS) is 15.2. The smallest absolute Gasteiger partial charge is 0.0220 e. The van der Waals surface area contributed by atoms with Gasteiger partial charge in [0, 0.05) is 18.9 Å². The molecule has 0 unspecified atom stereocenters. The summed E-state index contributed by atoms with van der Waals surface area (Å²) in [5.74, 6) is 0.866. The Morgan fingerprint density at radius 2 is 2.00 bits per heavy atom. The lowest BCUT2D eigenvalue weighted by atomic mass is 10.1. The standard InChI is InChI=1S/C8H15N/c1-8(2)4-3-5-9-6-7-9/h6-8H,3-5H2,1-2H3. The van der Waals surface area contributed by atoms with Crippen molar-refractivity contribution >= 4 is 0 Å². The Hall–Kier alpha value is -0.460. The maximum atomic E-state index is 2.27. The Bertz CT molecular complexity index is 97.1. The molecule has 9 heavy (non-hydrogen) atoms. The Labute approximate surface area is 57.4 Å². The average Bonchev–Trinajstić information content (AvgIpc) is 2.48. The van der Waals surface area contributed by atoms with Gasteiger partial charge in [0.2, 0.25) is 0 Å². The molecule has 0 aromatic rings. The van der Waals surface area contributed by atoms with Crippen LogP contribution in [0.3, 0.4) is 0 Å². The monoisotopic (exact) mass is 125 g/mol. The molecule has 1 nitrogen and oxygen atoms in total. The van der Waals surface area contributed by atoms with Gasteiger partial charge in [0.1, 0.15) is 0 Å². The second-order valence-electron chi connectivity index (χ2n) is 3.07. The van der Waals surface area contributed by atoms with E-state index in [1.807, 2.05) is 0 Å². The summed E-state index contributed by atoms with van der Waals surface area (Å²) in [4.78, 5) is 2.24. The molecule has 0 atom stereocenters. The van der Waals surface area contributed by atoms with Crippen LogP contribution in [0.15, 0.2) is 12.4 Å². The predicted octanol–water partition coefficient (Wildman–Crippen LogP) is 2.21. The number of hydrogen-bond acceptors (Lipinski definition) is 1. The van der Waals surface area contributed by atoms with E-state index < -0.39 is 0 Å². The third kappa shape index (κ3) is 3.17. The third-order valence-electron chi connectivity index (χ3n) is 1.56. The molecule has 0 fully saturated rings. The van der Waals surface area contributed by atoms with Gasteiger partial charge in [0.25, 0.3) is 0 Å². The molecule has 1 aliphatic heterocycles. The highest BCUT2D eigenvalue weighted by Gasteiger charge is 2.03. The number of rotatable bonds is 4. The number of nitrogens with zero attached hydrogens (tertiary/aromatic N) is 1. The maximum absolute atomic E-state index is 2.27. The largest absolute Gasteiger partial charge is 0.351 e. The summed E-state index contributed by atoms with van der Waals surface area (Å²) in [5.41, 5.74) is 0. The summed E-state index contributed by atoms with van der Waals surface area (Å²) >= 11 is 0. The van der Waals surface area contributed by atoms with Gasteiger partial charge in [0.05, 0.1) is 0 Å². The molecule has 0 saturated heterocycles. The zero-order valence-corrected chi connectivity index (χ0v) is 6.30. The zero-order valence-electron chi connectivity index (χ0n) is 6.30. The highest BCUT2D eigenvalue weighted by Crippen LogP contribution is 2.10. The van der Waals surface area contributed by atoms with E-state index in [2.05, 4.69) is 31.1 Å². The van der Waals surface area contributed by atoms with Crippen LogP contribution in [-0.4, -0.2) is 11.4 Å². The van der Waals surface area contributed by atoms with E-state index in [1.54, 1.807) is 0 Å². The van der Waals surface area contributed by atoms with Crippen molar-refractivity contribution in [2.24, 2.45) is 5.92 Å². The molecule has 0 aliphatic carbocycles. The molecular weight excluding hydrogens is 110 g/mol. The fourth-order valence-electron chi connectivity index (χ4n) is 0.878. The molecule has 0 amide bonds. The fourth-order valence-corrected chi connectivity index (χ4v) is 0.878. The average molecular weight is 125 g/mol.